The van der Waals surface area contributed by atoms with Gasteiger partial charge in [0.25, 0.3) is 0 Å². The van der Waals surface area contributed by atoms with Crippen molar-refractivity contribution in [1.82, 2.24) is 5.06 Å². The van der Waals surface area contributed by atoms with Crippen LogP contribution < -0.4 is 0 Å². The van der Waals surface area contributed by atoms with Gasteiger partial charge in [-0.2, -0.15) is 0 Å². The normalized spacial score (nSPS) is 27.1. The molecule has 1 heterocycles. The van der Waals surface area contributed by atoms with Gasteiger partial charge in [-0.25, -0.2) is 0 Å². The zero-order valence-electron chi connectivity index (χ0n) is 5.13. The lowest BCUT2D eigenvalue weighted by Gasteiger charge is -2.33. The molecule has 3 nitrogen and oxygen atoms in total. The molecule has 0 aromatic carbocycles. The molecular formula is C5H8ClNO2. The largest absolute Gasteiger partial charge is 0.367 e. The quantitative estimate of drug-likeness (QED) is 0.407. The van der Waals surface area contributed by atoms with Gasteiger partial charge in [0.05, 0.1) is 0 Å². The maximum atomic E-state index is 10.3. The molecule has 0 saturated carbocycles. The second-order valence-corrected chi connectivity index (χ2v) is 2.45. The molecule has 1 unspecified atom stereocenters. The van der Waals surface area contributed by atoms with E-state index < -0.39 is 0 Å². The minimum absolute atomic E-state index is 0.103. The highest BCUT2D eigenvalue weighted by atomic mass is 35.5. The number of carbonyl (C=O) groups excluding carboxylic acids is 1. The zero-order chi connectivity index (χ0) is 6.85. The molecule has 0 aromatic heterocycles. The second-order valence-electron chi connectivity index (χ2n) is 1.95. The van der Waals surface area contributed by atoms with Crippen molar-refractivity contribution in [3.05, 3.63) is 0 Å². The van der Waals surface area contributed by atoms with Crippen LogP contribution in [-0.2, 0) is 9.63 Å². The van der Waals surface area contributed by atoms with Crippen molar-refractivity contribution in [2.75, 3.05) is 6.54 Å². The van der Waals surface area contributed by atoms with E-state index in [2.05, 4.69) is 4.84 Å². The Balaban J connectivity index is 2.21. The summed E-state index contributed by atoms with van der Waals surface area (Å²) in [4.78, 5) is 14.9. The Labute approximate surface area is 58.5 Å². The van der Waals surface area contributed by atoms with Crippen LogP contribution in [0.25, 0.3) is 0 Å². The lowest BCUT2D eigenvalue weighted by Crippen LogP contribution is -2.44. The molecule has 0 N–H and O–H groups in total. The van der Waals surface area contributed by atoms with Crippen LogP contribution in [0.15, 0.2) is 0 Å². The van der Waals surface area contributed by atoms with E-state index in [0.717, 1.165) is 13.0 Å². The van der Waals surface area contributed by atoms with Gasteiger partial charge in [-0.05, 0) is 6.42 Å². The van der Waals surface area contributed by atoms with Gasteiger partial charge < -0.3 is 4.84 Å². The molecule has 0 spiro atoms. The monoisotopic (exact) mass is 149 g/mol. The van der Waals surface area contributed by atoms with E-state index in [-0.39, 0.29) is 11.5 Å². The summed E-state index contributed by atoms with van der Waals surface area (Å²) in [6.07, 6.45) is 0.898. The van der Waals surface area contributed by atoms with Crippen molar-refractivity contribution in [2.24, 2.45) is 0 Å². The molecule has 0 radical (unpaired) electrons. The number of hydrogen-bond acceptors (Lipinski definition) is 3. The fraction of sp³-hybridized carbons (Fsp3) is 0.800. The molecule has 0 bridgehead atoms. The first-order valence-electron chi connectivity index (χ1n) is 2.79. The molecule has 1 aliphatic heterocycles. The number of hydrogen-bond donors (Lipinski definition) is 0. The van der Waals surface area contributed by atoms with Crippen molar-refractivity contribution in [1.29, 1.82) is 0 Å². The molecule has 4 heteroatoms. The standard InChI is InChI=1S/C5H8ClNO2/c1-4(8)9-7-3-2-5(7)6/h5H,2-3H2,1H3. The number of rotatable bonds is 1. The number of nitrogens with zero attached hydrogens (tertiary/aromatic N) is 1. The third kappa shape index (κ3) is 1.56. The lowest BCUT2D eigenvalue weighted by atomic mass is 10.3. The Bertz CT molecular complexity index is 128. The first kappa shape index (κ1) is 6.83. The molecule has 1 rings (SSSR count). The van der Waals surface area contributed by atoms with Gasteiger partial charge in [0.15, 0.2) is 0 Å². The van der Waals surface area contributed by atoms with Crippen LogP contribution >= 0.6 is 11.6 Å². The average molecular weight is 150 g/mol. The molecule has 1 saturated heterocycles. The maximum Gasteiger partial charge on any atom is 0.322 e. The third-order valence-electron chi connectivity index (χ3n) is 1.15. The van der Waals surface area contributed by atoms with Gasteiger partial charge in [0.2, 0.25) is 0 Å². The fourth-order valence-corrected chi connectivity index (χ4v) is 0.835. The highest BCUT2D eigenvalue weighted by Crippen LogP contribution is 2.20. The summed E-state index contributed by atoms with van der Waals surface area (Å²) >= 11 is 5.61. The summed E-state index contributed by atoms with van der Waals surface area (Å²) in [6, 6.07) is 0. The van der Waals surface area contributed by atoms with Gasteiger partial charge in [0.1, 0.15) is 5.50 Å². The predicted molar refractivity (Wildman–Crippen MR) is 32.7 cm³/mol. The summed E-state index contributed by atoms with van der Waals surface area (Å²) in [5, 5.41) is 1.46. The van der Waals surface area contributed by atoms with Crippen molar-refractivity contribution in [2.45, 2.75) is 18.8 Å². The summed E-state index contributed by atoms with van der Waals surface area (Å²) in [5.41, 5.74) is -0.103. The summed E-state index contributed by atoms with van der Waals surface area (Å²) in [6.45, 7) is 2.12. The van der Waals surface area contributed by atoms with Gasteiger partial charge in [-0.1, -0.05) is 0 Å². The smallest absolute Gasteiger partial charge is 0.322 e. The summed E-state index contributed by atoms with van der Waals surface area (Å²) in [5.74, 6) is -0.305. The van der Waals surface area contributed by atoms with Crippen LogP contribution in [0.2, 0.25) is 0 Å². The first-order valence-corrected chi connectivity index (χ1v) is 3.23. The van der Waals surface area contributed by atoms with Gasteiger partial charge >= 0.3 is 5.97 Å². The highest BCUT2D eigenvalue weighted by Gasteiger charge is 2.28. The number of hydroxylamine groups is 2. The van der Waals surface area contributed by atoms with Crippen LogP contribution in [0.4, 0.5) is 0 Å². The summed E-state index contributed by atoms with van der Waals surface area (Å²) in [7, 11) is 0. The van der Waals surface area contributed by atoms with E-state index in [0.29, 0.717) is 0 Å². The number of halogens is 1. The topological polar surface area (TPSA) is 29.5 Å². The third-order valence-corrected chi connectivity index (χ3v) is 1.58. The molecule has 0 aliphatic carbocycles. The van der Waals surface area contributed by atoms with Crippen molar-refractivity contribution in [3.8, 4) is 0 Å². The van der Waals surface area contributed by atoms with Gasteiger partial charge in [-0.3, -0.25) is 4.79 Å². The van der Waals surface area contributed by atoms with E-state index in [9.17, 15) is 4.79 Å². The second kappa shape index (κ2) is 2.54. The van der Waals surface area contributed by atoms with Crippen LogP contribution in [0.1, 0.15) is 13.3 Å². The van der Waals surface area contributed by atoms with Crippen molar-refractivity contribution >= 4 is 17.6 Å². The minimum Gasteiger partial charge on any atom is -0.367 e. The predicted octanol–water partition coefficient (Wildman–Crippen LogP) is 0.735. The number of alkyl halides is 1. The zero-order valence-corrected chi connectivity index (χ0v) is 5.89. The molecular weight excluding hydrogens is 142 g/mol. The van der Waals surface area contributed by atoms with Crippen LogP contribution in [0.5, 0.6) is 0 Å². The van der Waals surface area contributed by atoms with Gasteiger partial charge in [-0.15, -0.1) is 16.7 Å². The van der Waals surface area contributed by atoms with Crippen LogP contribution in [0, 0.1) is 0 Å². The first-order chi connectivity index (χ1) is 4.20. The van der Waals surface area contributed by atoms with Crippen LogP contribution in [0.3, 0.4) is 0 Å². The average Bonchev–Trinajstić information content (AvgIpc) is 1.79. The molecule has 0 aromatic rings. The summed E-state index contributed by atoms with van der Waals surface area (Å²) < 4.78 is 0. The Hall–Kier alpha value is -0.280. The highest BCUT2D eigenvalue weighted by molar-refractivity contribution is 6.20. The molecule has 1 atom stereocenters. The lowest BCUT2D eigenvalue weighted by molar-refractivity contribution is -0.212. The Morgan fingerprint density at radius 2 is 2.56 bits per heavy atom. The Morgan fingerprint density at radius 3 is 2.67 bits per heavy atom. The van der Waals surface area contributed by atoms with Crippen molar-refractivity contribution in [3.63, 3.8) is 0 Å². The minimum atomic E-state index is -0.305. The molecule has 9 heavy (non-hydrogen) atoms. The van der Waals surface area contributed by atoms with E-state index in [1.165, 1.54) is 12.0 Å². The van der Waals surface area contributed by atoms with E-state index in [1.807, 2.05) is 0 Å². The Kier molecular flexibility index (Phi) is 1.93. The van der Waals surface area contributed by atoms with Crippen LogP contribution in [-0.4, -0.2) is 23.1 Å². The van der Waals surface area contributed by atoms with Gasteiger partial charge in [0, 0.05) is 13.5 Å². The van der Waals surface area contributed by atoms with E-state index >= 15 is 0 Å². The van der Waals surface area contributed by atoms with E-state index in [4.69, 9.17) is 11.6 Å². The molecule has 1 aliphatic rings. The molecule has 0 amide bonds. The van der Waals surface area contributed by atoms with E-state index in [1.54, 1.807) is 0 Å². The molecule has 52 valence electrons. The Morgan fingerprint density at radius 1 is 1.89 bits per heavy atom. The number of carbonyl (C=O) groups is 1. The molecule has 1 fully saturated rings. The fourth-order valence-electron chi connectivity index (χ4n) is 0.600. The SMILES string of the molecule is CC(=O)ON1CCC1Cl. The van der Waals surface area contributed by atoms with Crippen molar-refractivity contribution < 1.29 is 9.63 Å². The maximum absolute atomic E-state index is 10.3.